The van der Waals surface area contributed by atoms with Gasteiger partial charge in [-0.05, 0) is 32.7 Å². The molecule has 2 nitrogen and oxygen atoms in total. The summed E-state index contributed by atoms with van der Waals surface area (Å²) in [5, 5.41) is 6.83. The van der Waals surface area contributed by atoms with Crippen LogP contribution in [-0.2, 0) is 6.42 Å². The van der Waals surface area contributed by atoms with Crippen molar-refractivity contribution in [1.29, 1.82) is 0 Å². The van der Waals surface area contributed by atoms with E-state index in [4.69, 9.17) is 0 Å². The van der Waals surface area contributed by atoms with Crippen molar-refractivity contribution in [2.24, 2.45) is 0 Å². The first-order chi connectivity index (χ1) is 6.68. The van der Waals surface area contributed by atoms with Gasteiger partial charge in [0.1, 0.15) is 0 Å². The number of hydrogen-bond donors (Lipinski definition) is 1. The third-order valence-corrected chi connectivity index (χ3v) is 3.06. The molecular formula is C11H20N2S. The highest BCUT2D eigenvalue weighted by molar-refractivity contribution is 7.09. The van der Waals surface area contributed by atoms with Gasteiger partial charge in [-0.2, -0.15) is 0 Å². The number of aryl methyl sites for hydroxylation is 2. The van der Waals surface area contributed by atoms with E-state index < -0.39 is 0 Å². The minimum Gasteiger partial charge on any atom is -0.315 e. The minimum absolute atomic E-state index is 0.608. The van der Waals surface area contributed by atoms with Crippen molar-refractivity contribution in [2.75, 3.05) is 6.54 Å². The van der Waals surface area contributed by atoms with Crippen molar-refractivity contribution < 1.29 is 0 Å². The number of hydrogen-bond acceptors (Lipinski definition) is 3. The molecule has 1 aromatic heterocycles. The van der Waals surface area contributed by atoms with Gasteiger partial charge in [-0.25, -0.2) is 4.98 Å². The molecule has 1 rings (SSSR count). The Morgan fingerprint density at radius 3 is 2.79 bits per heavy atom. The summed E-state index contributed by atoms with van der Waals surface area (Å²) >= 11 is 1.78. The van der Waals surface area contributed by atoms with Crippen molar-refractivity contribution in [1.82, 2.24) is 10.3 Å². The maximum atomic E-state index is 4.44. The number of nitrogens with one attached hydrogen (secondary N) is 1. The monoisotopic (exact) mass is 212 g/mol. The largest absolute Gasteiger partial charge is 0.315 e. The summed E-state index contributed by atoms with van der Waals surface area (Å²) < 4.78 is 0. The first kappa shape index (κ1) is 11.7. The molecule has 0 aromatic carbocycles. The van der Waals surface area contributed by atoms with Gasteiger partial charge in [-0.15, -0.1) is 11.3 Å². The van der Waals surface area contributed by atoms with Gasteiger partial charge >= 0.3 is 0 Å². The van der Waals surface area contributed by atoms with Crippen LogP contribution in [0.25, 0.3) is 0 Å². The zero-order chi connectivity index (χ0) is 10.4. The van der Waals surface area contributed by atoms with Crippen LogP contribution < -0.4 is 5.32 Å². The smallest absolute Gasteiger partial charge is 0.0928 e. The first-order valence-electron chi connectivity index (χ1n) is 5.33. The Bertz CT molecular complexity index is 256. The standard InChI is InChI=1S/C11H20N2S/c1-9(2)12-7-5-4-6-11-13-10(3)8-14-11/h8-9,12H,4-7H2,1-3H3. The van der Waals surface area contributed by atoms with Crippen molar-refractivity contribution in [3.8, 4) is 0 Å². The van der Waals surface area contributed by atoms with E-state index in [-0.39, 0.29) is 0 Å². The first-order valence-corrected chi connectivity index (χ1v) is 6.21. The van der Waals surface area contributed by atoms with E-state index in [2.05, 4.69) is 36.5 Å². The molecule has 80 valence electrons. The Labute approximate surface area is 90.8 Å². The third-order valence-electron chi connectivity index (χ3n) is 2.04. The molecule has 0 radical (unpaired) electrons. The number of aromatic nitrogens is 1. The molecule has 0 saturated carbocycles. The quantitative estimate of drug-likeness (QED) is 0.733. The van der Waals surface area contributed by atoms with Crippen molar-refractivity contribution in [3.63, 3.8) is 0 Å². The van der Waals surface area contributed by atoms with E-state index in [0.717, 1.165) is 18.7 Å². The summed E-state index contributed by atoms with van der Waals surface area (Å²) in [4.78, 5) is 4.44. The summed E-state index contributed by atoms with van der Waals surface area (Å²) in [5.41, 5.74) is 1.16. The lowest BCUT2D eigenvalue weighted by Crippen LogP contribution is -2.23. The lowest BCUT2D eigenvalue weighted by Gasteiger charge is -2.06. The van der Waals surface area contributed by atoms with Crippen LogP contribution in [0.5, 0.6) is 0 Å². The summed E-state index contributed by atoms with van der Waals surface area (Å²) in [5.74, 6) is 0. The van der Waals surface area contributed by atoms with Crippen LogP contribution >= 0.6 is 11.3 Å². The molecular weight excluding hydrogens is 192 g/mol. The van der Waals surface area contributed by atoms with E-state index in [9.17, 15) is 0 Å². The molecule has 0 saturated heterocycles. The van der Waals surface area contributed by atoms with Crippen LogP contribution in [0, 0.1) is 6.92 Å². The molecule has 3 heteroatoms. The highest BCUT2D eigenvalue weighted by atomic mass is 32.1. The minimum atomic E-state index is 0.608. The van der Waals surface area contributed by atoms with Gasteiger partial charge < -0.3 is 5.32 Å². The van der Waals surface area contributed by atoms with Gasteiger partial charge in [0.2, 0.25) is 0 Å². The van der Waals surface area contributed by atoms with E-state index >= 15 is 0 Å². The third kappa shape index (κ3) is 4.72. The molecule has 0 amide bonds. The SMILES string of the molecule is Cc1csc(CCCCNC(C)C)n1. The molecule has 0 aliphatic rings. The molecule has 1 N–H and O–H groups in total. The topological polar surface area (TPSA) is 24.9 Å². The number of unbranched alkanes of at least 4 members (excludes halogenated alkanes) is 1. The van der Waals surface area contributed by atoms with Crippen molar-refractivity contribution in [3.05, 3.63) is 16.1 Å². The van der Waals surface area contributed by atoms with E-state index in [1.54, 1.807) is 11.3 Å². The Morgan fingerprint density at radius 1 is 1.43 bits per heavy atom. The van der Waals surface area contributed by atoms with Crippen LogP contribution in [0.3, 0.4) is 0 Å². The number of thiazole rings is 1. The second-order valence-corrected chi connectivity index (χ2v) is 4.89. The fourth-order valence-electron chi connectivity index (χ4n) is 1.31. The van der Waals surface area contributed by atoms with Crippen molar-refractivity contribution in [2.45, 2.75) is 46.1 Å². The lowest BCUT2D eigenvalue weighted by molar-refractivity contribution is 0.557. The molecule has 0 aliphatic carbocycles. The molecule has 0 spiro atoms. The predicted octanol–water partition coefficient (Wildman–Crippen LogP) is 2.77. The Hall–Kier alpha value is -0.410. The summed E-state index contributed by atoms with van der Waals surface area (Å²) in [6, 6.07) is 0.608. The molecule has 14 heavy (non-hydrogen) atoms. The average molecular weight is 212 g/mol. The summed E-state index contributed by atoms with van der Waals surface area (Å²) in [6.07, 6.45) is 3.63. The van der Waals surface area contributed by atoms with Gasteiger partial charge in [0.05, 0.1) is 5.01 Å². The highest BCUT2D eigenvalue weighted by Crippen LogP contribution is 2.11. The Kier molecular flexibility index (Phi) is 5.12. The molecule has 0 unspecified atom stereocenters. The Morgan fingerprint density at radius 2 is 2.21 bits per heavy atom. The molecule has 0 aliphatic heterocycles. The van der Waals surface area contributed by atoms with E-state index in [1.807, 2.05) is 0 Å². The molecule has 0 atom stereocenters. The van der Waals surface area contributed by atoms with Crippen LogP contribution in [0.4, 0.5) is 0 Å². The number of nitrogens with zero attached hydrogens (tertiary/aromatic N) is 1. The maximum Gasteiger partial charge on any atom is 0.0928 e. The van der Waals surface area contributed by atoms with E-state index in [1.165, 1.54) is 17.8 Å². The second-order valence-electron chi connectivity index (χ2n) is 3.95. The highest BCUT2D eigenvalue weighted by Gasteiger charge is 1.98. The van der Waals surface area contributed by atoms with Crippen molar-refractivity contribution >= 4 is 11.3 Å². The van der Waals surface area contributed by atoms with Crippen LogP contribution in [0.2, 0.25) is 0 Å². The van der Waals surface area contributed by atoms with Gasteiger partial charge in [0.15, 0.2) is 0 Å². The van der Waals surface area contributed by atoms with Gasteiger partial charge in [-0.3, -0.25) is 0 Å². The maximum absolute atomic E-state index is 4.44. The number of rotatable bonds is 6. The summed E-state index contributed by atoms with van der Waals surface area (Å²) in [7, 11) is 0. The van der Waals surface area contributed by atoms with Crippen LogP contribution in [0.15, 0.2) is 5.38 Å². The van der Waals surface area contributed by atoms with Gasteiger partial charge in [0, 0.05) is 17.1 Å². The fourth-order valence-corrected chi connectivity index (χ4v) is 2.13. The zero-order valence-corrected chi connectivity index (χ0v) is 10.2. The molecule has 0 fully saturated rings. The Balaban J connectivity index is 2.04. The lowest BCUT2D eigenvalue weighted by atomic mass is 10.2. The predicted molar refractivity (Wildman–Crippen MR) is 62.9 cm³/mol. The fraction of sp³-hybridized carbons (Fsp3) is 0.727. The average Bonchev–Trinajstić information content (AvgIpc) is 2.50. The molecule has 1 heterocycles. The summed E-state index contributed by atoms with van der Waals surface area (Å²) in [6.45, 7) is 7.55. The second kappa shape index (κ2) is 6.14. The van der Waals surface area contributed by atoms with Gasteiger partial charge in [-0.1, -0.05) is 13.8 Å². The molecule has 0 bridgehead atoms. The normalized spacial score (nSPS) is 11.1. The zero-order valence-electron chi connectivity index (χ0n) is 9.34. The van der Waals surface area contributed by atoms with Crippen LogP contribution in [0.1, 0.15) is 37.4 Å². The van der Waals surface area contributed by atoms with Gasteiger partial charge in [0.25, 0.3) is 0 Å². The molecule has 1 aromatic rings. The van der Waals surface area contributed by atoms with Crippen LogP contribution in [-0.4, -0.2) is 17.6 Å². The van der Waals surface area contributed by atoms with E-state index in [0.29, 0.717) is 6.04 Å².